The van der Waals surface area contributed by atoms with Gasteiger partial charge in [0.25, 0.3) is 0 Å². The van der Waals surface area contributed by atoms with E-state index in [-0.39, 0.29) is 22.6 Å². The lowest BCUT2D eigenvalue weighted by molar-refractivity contribution is -0.386. The lowest BCUT2D eigenvalue weighted by atomic mass is 10.3. The molecule has 1 heterocycles. The van der Waals surface area contributed by atoms with E-state index in [9.17, 15) is 10.1 Å². The molecule has 0 fully saturated rings. The summed E-state index contributed by atoms with van der Waals surface area (Å²) in [5, 5.41) is 11.4. The summed E-state index contributed by atoms with van der Waals surface area (Å²) in [6.45, 7) is 0. The Bertz CT molecular complexity index is 651. The molecular weight excluding hydrogens is 295 g/mol. The first kappa shape index (κ1) is 13.3. The van der Waals surface area contributed by atoms with Crippen LogP contribution in [-0.4, -0.2) is 14.9 Å². The standard InChI is InChI=1S/C10H6Cl2N4O3/c11-6-2-1-5(3-7(6)12)19-9-8(16(17)18)4-14-10(13)15-9/h1-4H,(H2,13,14,15). The van der Waals surface area contributed by atoms with Crippen molar-refractivity contribution in [1.82, 2.24) is 9.97 Å². The second-order valence-corrected chi connectivity index (χ2v) is 4.17. The van der Waals surface area contributed by atoms with E-state index in [1.54, 1.807) is 0 Å². The van der Waals surface area contributed by atoms with E-state index in [4.69, 9.17) is 33.7 Å². The van der Waals surface area contributed by atoms with Crippen molar-refractivity contribution in [1.29, 1.82) is 0 Å². The average Bonchev–Trinajstić information content (AvgIpc) is 2.33. The molecule has 19 heavy (non-hydrogen) atoms. The summed E-state index contributed by atoms with van der Waals surface area (Å²) in [6, 6.07) is 4.40. The number of halogens is 2. The molecule has 0 radical (unpaired) electrons. The number of benzene rings is 1. The molecular formula is C10H6Cl2N4O3. The minimum absolute atomic E-state index is 0.138. The van der Waals surface area contributed by atoms with Gasteiger partial charge in [0.05, 0.1) is 15.0 Å². The van der Waals surface area contributed by atoms with Crippen LogP contribution in [0.3, 0.4) is 0 Å². The molecule has 2 aromatic rings. The Hall–Kier alpha value is -2.12. The van der Waals surface area contributed by atoms with Crippen molar-refractivity contribution < 1.29 is 9.66 Å². The molecule has 0 aliphatic carbocycles. The van der Waals surface area contributed by atoms with E-state index in [2.05, 4.69) is 9.97 Å². The van der Waals surface area contributed by atoms with Crippen LogP contribution in [0.15, 0.2) is 24.4 Å². The lowest BCUT2D eigenvalue weighted by Gasteiger charge is -2.06. The van der Waals surface area contributed by atoms with Crippen molar-refractivity contribution in [2.24, 2.45) is 0 Å². The molecule has 0 saturated heterocycles. The molecule has 9 heteroatoms. The molecule has 0 spiro atoms. The predicted molar refractivity (Wildman–Crippen MR) is 69.6 cm³/mol. The minimum Gasteiger partial charge on any atom is -0.434 e. The van der Waals surface area contributed by atoms with Gasteiger partial charge in [0.1, 0.15) is 11.9 Å². The van der Waals surface area contributed by atoms with Gasteiger partial charge in [-0.15, -0.1) is 0 Å². The van der Waals surface area contributed by atoms with E-state index in [0.29, 0.717) is 5.02 Å². The summed E-state index contributed by atoms with van der Waals surface area (Å²) in [5.74, 6) is -0.160. The molecule has 0 atom stereocenters. The zero-order valence-corrected chi connectivity index (χ0v) is 10.7. The summed E-state index contributed by atoms with van der Waals surface area (Å²) >= 11 is 11.6. The van der Waals surface area contributed by atoms with Crippen LogP contribution in [0.5, 0.6) is 11.6 Å². The first-order valence-electron chi connectivity index (χ1n) is 4.87. The Kier molecular flexibility index (Phi) is 3.68. The molecule has 7 nitrogen and oxygen atoms in total. The van der Waals surface area contributed by atoms with E-state index >= 15 is 0 Å². The number of nitrogen functional groups attached to an aromatic ring is 1. The highest BCUT2D eigenvalue weighted by Crippen LogP contribution is 2.32. The second-order valence-electron chi connectivity index (χ2n) is 3.35. The van der Waals surface area contributed by atoms with Crippen molar-refractivity contribution in [2.75, 3.05) is 5.73 Å². The molecule has 98 valence electrons. The monoisotopic (exact) mass is 300 g/mol. The van der Waals surface area contributed by atoms with Gasteiger partial charge in [0.2, 0.25) is 5.95 Å². The van der Waals surface area contributed by atoms with Gasteiger partial charge in [0, 0.05) is 6.07 Å². The van der Waals surface area contributed by atoms with E-state index in [1.807, 2.05) is 0 Å². The Morgan fingerprint density at radius 2 is 2.05 bits per heavy atom. The van der Waals surface area contributed by atoms with Crippen LogP contribution >= 0.6 is 23.2 Å². The van der Waals surface area contributed by atoms with Crippen LogP contribution in [0.2, 0.25) is 10.0 Å². The van der Waals surface area contributed by atoms with Crippen molar-refractivity contribution in [3.05, 3.63) is 44.6 Å². The quantitative estimate of drug-likeness (QED) is 0.690. The molecule has 0 aliphatic rings. The Balaban J connectivity index is 2.39. The normalized spacial score (nSPS) is 10.2. The molecule has 2 N–H and O–H groups in total. The van der Waals surface area contributed by atoms with Gasteiger partial charge in [-0.1, -0.05) is 23.2 Å². The molecule has 1 aromatic carbocycles. The molecule has 2 rings (SSSR count). The lowest BCUT2D eigenvalue weighted by Crippen LogP contribution is -2.01. The number of nitrogens with two attached hydrogens (primary N) is 1. The maximum Gasteiger partial charge on any atom is 0.349 e. The minimum atomic E-state index is -0.674. The molecule has 0 saturated carbocycles. The topological polar surface area (TPSA) is 104 Å². The van der Waals surface area contributed by atoms with Gasteiger partial charge in [0.15, 0.2) is 0 Å². The zero-order chi connectivity index (χ0) is 14.0. The van der Waals surface area contributed by atoms with Gasteiger partial charge in [-0.2, -0.15) is 4.98 Å². The third kappa shape index (κ3) is 3.01. The van der Waals surface area contributed by atoms with Crippen LogP contribution in [0.1, 0.15) is 0 Å². The summed E-state index contributed by atoms with van der Waals surface area (Å²) in [4.78, 5) is 17.3. The number of rotatable bonds is 3. The second kappa shape index (κ2) is 5.25. The summed E-state index contributed by atoms with van der Waals surface area (Å²) in [5.41, 5.74) is 4.96. The smallest absolute Gasteiger partial charge is 0.349 e. The van der Waals surface area contributed by atoms with Gasteiger partial charge in [-0.3, -0.25) is 10.1 Å². The summed E-state index contributed by atoms with van der Waals surface area (Å²) in [7, 11) is 0. The van der Waals surface area contributed by atoms with Crippen LogP contribution in [0, 0.1) is 10.1 Å². The first-order valence-corrected chi connectivity index (χ1v) is 5.63. The Morgan fingerprint density at radius 3 is 2.68 bits per heavy atom. The van der Waals surface area contributed by atoms with E-state index in [1.165, 1.54) is 18.2 Å². The zero-order valence-electron chi connectivity index (χ0n) is 9.21. The van der Waals surface area contributed by atoms with Crippen molar-refractivity contribution in [2.45, 2.75) is 0 Å². The van der Waals surface area contributed by atoms with Crippen molar-refractivity contribution >= 4 is 34.8 Å². The number of hydrogen-bond acceptors (Lipinski definition) is 6. The highest BCUT2D eigenvalue weighted by molar-refractivity contribution is 6.42. The predicted octanol–water partition coefficient (Wildman–Crippen LogP) is 3.07. The van der Waals surface area contributed by atoms with Crippen LogP contribution in [-0.2, 0) is 0 Å². The third-order valence-electron chi connectivity index (χ3n) is 2.06. The number of nitro groups is 1. The molecule has 0 amide bonds. The van der Waals surface area contributed by atoms with Crippen LogP contribution < -0.4 is 10.5 Å². The highest BCUT2D eigenvalue weighted by Gasteiger charge is 2.19. The Morgan fingerprint density at radius 1 is 1.32 bits per heavy atom. The summed E-state index contributed by atoms with van der Waals surface area (Å²) in [6.07, 6.45) is 0.967. The molecule has 1 aromatic heterocycles. The number of hydrogen-bond donors (Lipinski definition) is 1. The number of nitrogens with zero attached hydrogens (tertiary/aromatic N) is 3. The average molecular weight is 301 g/mol. The maximum atomic E-state index is 10.8. The van der Waals surface area contributed by atoms with Gasteiger partial charge in [-0.25, -0.2) is 4.98 Å². The number of aromatic nitrogens is 2. The van der Waals surface area contributed by atoms with Gasteiger partial charge < -0.3 is 10.5 Å². The van der Waals surface area contributed by atoms with Crippen molar-refractivity contribution in [3.8, 4) is 11.6 Å². The van der Waals surface area contributed by atoms with E-state index < -0.39 is 10.6 Å². The van der Waals surface area contributed by atoms with Gasteiger partial charge in [-0.05, 0) is 12.1 Å². The highest BCUT2D eigenvalue weighted by atomic mass is 35.5. The first-order chi connectivity index (χ1) is 8.97. The third-order valence-corrected chi connectivity index (χ3v) is 2.80. The number of anilines is 1. The van der Waals surface area contributed by atoms with Gasteiger partial charge >= 0.3 is 11.6 Å². The summed E-state index contributed by atoms with van der Waals surface area (Å²) < 4.78 is 5.27. The maximum absolute atomic E-state index is 10.8. The fourth-order valence-corrected chi connectivity index (χ4v) is 1.51. The molecule has 0 bridgehead atoms. The number of ether oxygens (including phenoxy) is 1. The fourth-order valence-electron chi connectivity index (χ4n) is 1.22. The van der Waals surface area contributed by atoms with Crippen molar-refractivity contribution in [3.63, 3.8) is 0 Å². The Labute approximate surface area is 117 Å². The van der Waals surface area contributed by atoms with Crippen LogP contribution in [0.4, 0.5) is 11.6 Å². The fraction of sp³-hybridized carbons (Fsp3) is 0. The molecule has 0 aliphatic heterocycles. The molecule has 0 unspecified atom stereocenters. The van der Waals surface area contributed by atoms with Crippen LogP contribution in [0.25, 0.3) is 0 Å². The van der Waals surface area contributed by atoms with E-state index in [0.717, 1.165) is 6.20 Å². The largest absolute Gasteiger partial charge is 0.434 e. The SMILES string of the molecule is Nc1ncc([N+](=O)[O-])c(Oc2ccc(Cl)c(Cl)c2)n1.